The van der Waals surface area contributed by atoms with Crippen LogP contribution < -0.4 is 0 Å². The van der Waals surface area contributed by atoms with Crippen molar-refractivity contribution in [3.05, 3.63) is 29.6 Å². The normalized spacial score (nSPS) is 12.6. The number of hydrogen-bond acceptors (Lipinski definition) is 3. The van der Waals surface area contributed by atoms with Crippen molar-refractivity contribution in [2.24, 2.45) is 13.0 Å². The van der Waals surface area contributed by atoms with E-state index in [0.717, 1.165) is 23.3 Å². The Morgan fingerprint density at radius 1 is 1.50 bits per heavy atom. The van der Waals surface area contributed by atoms with Gasteiger partial charge in [-0.2, -0.15) is 5.26 Å². The molecule has 0 aliphatic rings. The van der Waals surface area contributed by atoms with Crippen molar-refractivity contribution in [2.75, 3.05) is 13.7 Å². The number of fused-ring (bicyclic) bond motifs is 1. The number of hydrogen-bond donors (Lipinski definition) is 0. The maximum Gasteiger partial charge on any atom is 0.110 e. The topological polar surface area (TPSA) is 50.8 Å². The molecule has 0 N–H and O–H groups in total. The van der Waals surface area contributed by atoms with Gasteiger partial charge < -0.3 is 9.30 Å². The van der Waals surface area contributed by atoms with E-state index in [9.17, 15) is 0 Å². The third-order valence-electron chi connectivity index (χ3n) is 3.11. The Bertz CT molecular complexity index is 595. The molecule has 2 aromatic rings. The molecule has 4 nitrogen and oxygen atoms in total. The molecule has 1 aromatic heterocycles. The first-order valence-electron chi connectivity index (χ1n) is 6.00. The number of ether oxygens (including phenoxy) is 1. The fraction of sp³-hybridized carbons (Fsp3) is 0.429. The second-order valence-corrected chi connectivity index (χ2v) is 4.64. The molecule has 0 amide bonds. The highest BCUT2D eigenvalue weighted by atomic mass is 16.5. The zero-order valence-corrected chi connectivity index (χ0v) is 11.0. The molecule has 0 spiro atoms. The summed E-state index contributed by atoms with van der Waals surface area (Å²) in [7, 11) is 3.70. The minimum Gasteiger partial charge on any atom is -0.384 e. The quantitative estimate of drug-likeness (QED) is 0.827. The van der Waals surface area contributed by atoms with Crippen LogP contribution >= 0.6 is 0 Å². The van der Waals surface area contributed by atoms with E-state index in [1.165, 1.54) is 0 Å². The van der Waals surface area contributed by atoms with Crippen LogP contribution in [-0.2, 0) is 18.2 Å². The van der Waals surface area contributed by atoms with E-state index in [0.29, 0.717) is 18.1 Å². The van der Waals surface area contributed by atoms with Gasteiger partial charge in [-0.05, 0) is 18.1 Å². The number of aromatic nitrogens is 2. The molecule has 94 valence electrons. The first kappa shape index (κ1) is 12.6. The van der Waals surface area contributed by atoms with Crippen LogP contribution in [0, 0.1) is 17.2 Å². The Hall–Kier alpha value is -1.86. The van der Waals surface area contributed by atoms with E-state index < -0.39 is 0 Å². The van der Waals surface area contributed by atoms with Gasteiger partial charge in [-0.1, -0.05) is 13.0 Å². The fourth-order valence-electron chi connectivity index (χ4n) is 2.19. The molecular formula is C14H17N3O. The van der Waals surface area contributed by atoms with Crippen LogP contribution in [0.1, 0.15) is 18.3 Å². The molecule has 0 saturated heterocycles. The Morgan fingerprint density at radius 2 is 2.28 bits per heavy atom. The van der Waals surface area contributed by atoms with Crippen molar-refractivity contribution in [1.82, 2.24) is 9.55 Å². The summed E-state index contributed by atoms with van der Waals surface area (Å²) in [5, 5.41) is 9.08. The maximum atomic E-state index is 9.08. The monoisotopic (exact) mass is 243 g/mol. The second-order valence-electron chi connectivity index (χ2n) is 4.64. The van der Waals surface area contributed by atoms with Gasteiger partial charge in [-0.25, -0.2) is 4.98 Å². The first-order valence-corrected chi connectivity index (χ1v) is 6.00. The number of para-hydroxylation sites is 1. The smallest absolute Gasteiger partial charge is 0.110 e. The zero-order chi connectivity index (χ0) is 13.1. The van der Waals surface area contributed by atoms with Gasteiger partial charge in [0.25, 0.3) is 0 Å². The highest BCUT2D eigenvalue weighted by molar-refractivity contribution is 5.82. The predicted octanol–water partition coefficient (Wildman–Crippen LogP) is 2.27. The van der Waals surface area contributed by atoms with E-state index >= 15 is 0 Å². The van der Waals surface area contributed by atoms with Gasteiger partial charge in [0.15, 0.2) is 0 Å². The average molecular weight is 243 g/mol. The lowest BCUT2D eigenvalue weighted by Gasteiger charge is -2.09. The van der Waals surface area contributed by atoms with Crippen LogP contribution in [0.4, 0.5) is 0 Å². The molecular weight excluding hydrogens is 226 g/mol. The van der Waals surface area contributed by atoms with Crippen molar-refractivity contribution in [3.63, 3.8) is 0 Å². The highest BCUT2D eigenvalue weighted by Gasteiger charge is 2.13. The molecule has 0 aliphatic heterocycles. The van der Waals surface area contributed by atoms with E-state index in [-0.39, 0.29) is 0 Å². The molecule has 0 fully saturated rings. The minimum atomic E-state index is 0.413. The number of aryl methyl sites for hydroxylation is 1. The molecule has 1 atom stereocenters. The summed E-state index contributed by atoms with van der Waals surface area (Å²) in [4.78, 5) is 4.59. The lowest BCUT2D eigenvalue weighted by molar-refractivity contribution is 0.158. The van der Waals surface area contributed by atoms with Crippen molar-refractivity contribution in [3.8, 4) is 6.07 Å². The third-order valence-corrected chi connectivity index (χ3v) is 3.11. The van der Waals surface area contributed by atoms with Crippen molar-refractivity contribution >= 4 is 11.0 Å². The van der Waals surface area contributed by atoms with E-state index in [1.54, 1.807) is 13.2 Å². The average Bonchev–Trinajstić information content (AvgIpc) is 2.67. The molecule has 2 rings (SSSR count). The summed E-state index contributed by atoms with van der Waals surface area (Å²) in [5.41, 5.74) is 2.43. The third kappa shape index (κ3) is 2.22. The van der Waals surface area contributed by atoms with Crippen molar-refractivity contribution < 1.29 is 4.74 Å². The van der Waals surface area contributed by atoms with E-state index in [1.807, 2.05) is 19.2 Å². The molecule has 0 radical (unpaired) electrons. The molecule has 0 aliphatic carbocycles. The van der Waals surface area contributed by atoms with E-state index in [4.69, 9.17) is 10.00 Å². The number of methoxy groups -OCH3 is 1. The Morgan fingerprint density at radius 3 is 2.94 bits per heavy atom. The van der Waals surface area contributed by atoms with Crippen LogP contribution in [0.2, 0.25) is 0 Å². The lowest BCUT2D eigenvalue weighted by Crippen LogP contribution is -2.10. The number of benzene rings is 1. The van der Waals surface area contributed by atoms with Crippen molar-refractivity contribution in [2.45, 2.75) is 13.3 Å². The Balaban J connectivity index is 2.41. The molecule has 0 bridgehead atoms. The summed E-state index contributed by atoms with van der Waals surface area (Å²) in [5.74, 6) is 1.41. The minimum absolute atomic E-state index is 0.413. The molecule has 1 unspecified atom stereocenters. The second kappa shape index (κ2) is 5.19. The standard InChI is InChI=1S/C14H17N3O/c1-10(9-18-3)7-13-16-14-11(8-15)5-4-6-12(14)17(13)2/h4-6,10H,7,9H2,1-3H3. The summed E-state index contributed by atoms with van der Waals surface area (Å²) >= 11 is 0. The van der Waals surface area contributed by atoms with Gasteiger partial charge in [0.2, 0.25) is 0 Å². The Kier molecular flexibility index (Phi) is 3.63. The van der Waals surface area contributed by atoms with Crippen molar-refractivity contribution in [1.29, 1.82) is 5.26 Å². The predicted molar refractivity (Wildman–Crippen MR) is 70.2 cm³/mol. The lowest BCUT2D eigenvalue weighted by atomic mass is 10.1. The van der Waals surface area contributed by atoms with E-state index in [2.05, 4.69) is 22.5 Å². The highest BCUT2D eigenvalue weighted by Crippen LogP contribution is 2.20. The Labute approximate surface area is 107 Å². The molecule has 1 aromatic carbocycles. The molecule has 1 heterocycles. The SMILES string of the molecule is COCC(C)Cc1nc2c(C#N)cccc2n1C. The number of imidazole rings is 1. The molecule has 18 heavy (non-hydrogen) atoms. The summed E-state index contributed by atoms with van der Waals surface area (Å²) < 4.78 is 7.20. The summed E-state index contributed by atoms with van der Waals surface area (Å²) in [6.07, 6.45) is 0.851. The zero-order valence-electron chi connectivity index (χ0n) is 11.0. The van der Waals surface area contributed by atoms with Crippen LogP contribution in [0.3, 0.4) is 0 Å². The van der Waals surface area contributed by atoms with Crippen LogP contribution in [-0.4, -0.2) is 23.3 Å². The summed E-state index contributed by atoms with van der Waals surface area (Å²) in [6.45, 7) is 2.85. The van der Waals surface area contributed by atoms with Gasteiger partial charge in [-0.3, -0.25) is 0 Å². The van der Waals surface area contributed by atoms with Gasteiger partial charge in [0.05, 0.1) is 11.1 Å². The van der Waals surface area contributed by atoms with Gasteiger partial charge in [0, 0.05) is 27.2 Å². The van der Waals surface area contributed by atoms with Crippen LogP contribution in [0.15, 0.2) is 18.2 Å². The van der Waals surface area contributed by atoms with Gasteiger partial charge in [-0.15, -0.1) is 0 Å². The van der Waals surface area contributed by atoms with Crippen LogP contribution in [0.25, 0.3) is 11.0 Å². The number of nitriles is 1. The van der Waals surface area contributed by atoms with Gasteiger partial charge >= 0.3 is 0 Å². The molecule has 0 saturated carbocycles. The first-order chi connectivity index (χ1) is 8.67. The summed E-state index contributed by atoms with van der Waals surface area (Å²) in [6, 6.07) is 7.88. The van der Waals surface area contributed by atoms with Gasteiger partial charge in [0.1, 0.15) is 17.4 Å². The van der Waals surface area contributed by atoms with Crippen LogP contribution in [0.5, 0.6) is 0 Å². The number of nitrogens with zero attached hydrogens (tertiary/aromatic N) is 3. The fourth-order valence-corrected chi connectivity index (χ4v) is 2.19. The maximum absolute atomic E-state index is 9.08. The number of rotatable bonds is 4. The largest absolute Gasteiger partial charge is 0.384 e. The molecule has 4 heteroatoms.